The van der Waals surface area contributed by atoms with Gasteiger partial charge in [-0.1, -0.05) is 13.3 Å². The Kier molecular flexibility index (Phi) is 4.04. The SMILES string of the molecule is CCCC1(CNC(C)Cc2ccsc2)CC1. The molecular weight excluding hydrogens is 214 g/mol. The van der Waals surface area contributed by atoms with Gasteiger partial charge in [-0.15, -0.1) is 0 Å². The Morgan fingerprint density at radius 3 is 2.88 bits per heavy atom. The first kappa shape index (κ1) is 12.1. The lowest BCUT2D eigenvalue weighted by atomic mass is 10.00. The highest BCUT2D eigenvalue weighted by Crippen LogP contribution is 2.48. The monoisotopic (exact) mass is 237 g/mol. The zero-order valence-corrected chi connectivity index (χ0v) is 11.3. The lowest BCUT2D eigenvalue weighted by Gasteiger charge is -2.19. The Morgan fingerprint density at radius 1 is 1.50 bits per heavy atom. The van der Waals surface area contributed by atoms with Crippen molar-refractivity contribution in [3.63, 3.8) is 0 Å². The highest BCUT2D eigenvalue weighted by molar-refractivity contribution is 7.07. The molecule has 1 aliphatic rings. The molecule has 1 aliphatic carbocycles. The van der Waals surface area contributed by atoms with Crippen LogP contribution in [0.4, 0.5) is 0 Å². The number of rotatable bonds is 7. The van der Waals surface area contributed by atoms with Crippen LogP contribution in [0.1, 0.15) is 45.1 Å². The second kappa shape index (κ2) is 5.33. The average molecular weight is 237 g/mol. The molecule has 0 radical (unpaired) electrons. The van der Waals surface area contributed by atoms with Crippen molar-refractivity contribution in [1.29, 1.82) is 0 Å². The summed E-state index contributed by atoms with van der Waals surface area (Å²) < 4.78 is 0. The summed E-state index contributed by atoms with van der Waals surface area (Å²) in [6.45, 7) is 5.83. The molecular formula is C14H23NS. The minimum absolute atomic E-state index is 0.615. The summed E-state index contributed by atoms with van der Waals surface area (Å²) in [6.07, 6.45) is 6.80. The molecule has 0 aliphatic heterocycles. The second-order valence-corrected chi connectivity index (χ2v) is 6.15. The minimum atomic E-state index is 0.615. The summed E-state index contributed by atoms with van der Waals surface area (Å²) in [4.78, 5) is 0. The quantitative estimate of drug-likeness (QED) is 0.759. The predicted molar refractivity (Wildman–Crippen MR) is 72.1 cm³/mol. The molecule has 1 nitrogen and oxygen atoms in total. The Hall–Kier alpha value is -0.340. The summed E-state index contributed by atoms with van der Waals surface area (Å²) >= 11 is 1.80. The van der Waals surface area contributed by atoms with Crippen LogP contribution in [0.2, 0.25) is 0 Å². The van der Waals surface area contributed by atoms with Crippen LogP contribution in [0.3, 0.4) is 0 Å². The van der Waals surface area contributed by atoms with E-state index in [9.17, 15) is 0 Å². The first-order valence-corrected chi connectivity index (χ1v) is 7.43. The van der Waals surface area contributed by atoms with Crippen molar-refractivity contribution in [2.75, 3.05) is 6.54 Å². The molecule has 1 N–H and O–H groups in total. The van der Waals surface area contributed by atoms with Crippen LogP contribution >= 0.6 is 11.3 Å². The third kappa shape index (κ3) is 3.33. The maximum absolute atomic E-state index is 3.71. The van der Waals surface area contributed by atoms with E-state index in [1.54, 1.807) is 11.3 Å². The molecule has 1 aromatic rings. The van der Waals surface area contributed by atoms with Crippen molar-refractivity contribution in [2.24, 2.45) is 5.41 Å². The van der Waals surface area contributed by atoms with E-state index in [2.05, 4.69) is 36.0 Å². The van der Waals surface area contributed by atoms with Crippen molar-refractivity contribution in [1.82, 2.24) is 5.32 Å². The molecule has 90 valence electrons. The maximum atomic E-state index is 3.71. The van der Waals surface area contributed by atoms with Gasteiger partial charge in [0.05, 0.1) is 0 Å². The molecule has 1 unspecified atom stereocenters. The maximum Gasteiger partial charge on any atom is 0.00796 e. The standard InChI is InChI=1S/C14H23NS/c1-3-5-14(6-7-14)11-15-12(2)9-13-4-8-16-10-13/h4,8,10,12,15H,3,5-7,9,11H2,1-2H3. The molecule has 1 saturated carbocycles. The van der Waals surface area contributed by atoms with E-state index in [1.165, 1.54) is 44.2 Å². The van der Waals surface area contributed by atoms with Gasteiger partial charge >= 0.3 is 0 Å². The van der Waals surface area contributed by atoms with Crippen molar-refractivity contribution in [2.45, 2.75) is 52.0 Å². The molecule has 2 rings (SSSR count). The van der Waals surface area contributed by atoms with Gasteiger partial charge in [0.2, 0.25) is 0 Å². The Morgan fingerprint density at radius 2 is 2.31 bits per heavy atom. The molecule has 0 aromatic carbocycles. The summed E-state index contributed by atoms with van der Waals surface area (Å²) in [5, 5.41) is 8.14. The molecule has 1 atom stereocenters. The molecule has 1 heterocycles. The van der Waals surface area contributed by atoms with Crippen LogP contribution in [0.15, 0.2) is 16.8 Å². The van der Waals surface area contributed by atoms with E-state index in [-0.39, 0.29) is 0 Å². The molecule has 2 heteroatoms. The molecule has 16 heavy (non-hydrogen) atoms. The largest absolute Gasteiger partial charge is 0.313 e. The smallest absolute Gasteiger partial charge is 0.00796 e. The second-order valence-electron chi connectivity index (χ2n) is 5.37. The van der Waals surface area contributed by atoms with E-state index in [0.29, 0.717) is 11.5 Å². The lowest BCUT2D eigenvalue weighted by molar-refractivity contribution is 0.392. The van der Waals surface area contributed by atoms with E-state index in [0.717, 1.165) is 0 Å². The Labute approximate surface area is 103 Å². The fourth-order valence-electron chi connectivity index (χ4n) is 2.45. The van der Waals surface area contributed by atoms with E-state index in [1.807, 2.05) is 0 Å². The Balaban J connectivity index is 1.70. The fraction of sp³-hybridized carbons (Fsp3) is 0.714. The molecule has 1 aromatic heterocycles. The average Bonchev–Trinajstić information content (AvgIpc) is 2.83. The lowest BCUT2D eigenvalue weighted by Crippen LogP contribution is -2.33. The summed E-state index contributed by atoms with van der Waals surface area (Å²) in [7, 11) is 0. The van der Waals surface area contributed by atoms with E-state index < -0.39 is 0 Å². The molecule has 0 amide bonds. The number of nitrogens with one attached hydrogen (secondary N) is 1. The summed E-state index contributed by atoms with van der Waals surface area (Å²) in [5.41, 5.74) is 2.16. The zero-order valence-electron chi connectivity index (χ0n) is 10.5. The topological polar surface area (TPSA) is 12.0 Å². The highest BCUT2D eigenvalue weighted by Gasteiger charge is 2.40. The summed E-state index contributed by atoms with van der Waals surface area (Å²) in [5.74, 6) is 0. The van der Waals surface area contributed by atoms with Gasteiger partial charge in [0.15, 0.2) is 0 Å². The van der Waals surface area contributed by atoms with Gasteiger partial charge in [0.25, 0.3) is 0 Å². The fourth-order valence-corrected chi connectivity index (χ4v) is 3.13. The van der Waals surface area contributed by atoms with Gasteiger partial charge in [-0.05, 0) is 60.4 Å². The molecule has 0 bridgehead atoms. The van der Waals surface area contributed by atoms with Crippen molar-refractivity contribution < 1.29 is 0 Å². The number of thiophene rings is 1. The van der Waals surface area contributed by atoms with Crippen molar-refractivity contribution in [3.8, 4) is 0 Å². The zero-order chi connectivity index (χ0) is 11.4. The molecule has 1 fully saturated rings. The Bertz CT molecular complexity index is 301. The molecule has 0 saturated heterocycles. The number of hydrogen-bond acceptors (Lipinski definition) is 2. The molecule has 0 spiro atoms. The van der Waals surface area contributed by atoms with Gasteiger partial charge in [-0.3, -0.25) is 0 Å². The van der Waals surface area contributed by atoms with Crippen LogP contribution in [0.5, 0.6) is 0 Å². The van der Waals surface area contributed by atoms with Crippen LogP contribution in [0, 0.1) is 5.41 Å². The minimum Gasteiger partial charge on any atom is -0.313 e. The van der Waals surface area contributed by atoms with Crippen LogP contribution in [0.25, 0.3) is 0 Å². The van der Waals surface area contributed by atoms with Crippen molar-refractivity contribution in [3.05, 3.63) is 22.4 Å². The van der Waals surface area contributed by atoms with Crippen LogP contribution < -0.4 is 5.32 Å². The highest BCUT2D eigenvalue weighted by atomic mass is 32.1. The first-order chi connectivity index (χ1) is 7.74. The summed E-state index contributed by atoms with van der Waals surface area (Å²) in [6, 6.07) is 2.85. The third-order valence-electron chi connectivity index (χ3n) is 3.68. The first-order valence-electron chi connectivity index (χ1n) is 6.48. The normalized spacial score (nSPS) is 19.6. The van der Waals surface area contributed by atoms with E-state index >= 15 is 0 Å². The predicted octanol–water partition coefficient (Wildman–Crippen LogP) is 3.85. The van der Waals surface area contributed by atoms with E-state index in [4.69, 9.17) is 0 Å². The van der Waals surface area contributed by atoms with Gasteiger partial charge in [-0.2, -0.15) is 11.3 Å². The van der Waals surface area contributed by atoms with Crippen molar-refractivity contribution >= 4 is 11.3 Å². The van der Waals surface area contributed by atoms with Gasteiger partial charge in [-0.25, -0.2) is 0 Å². The van der Waals surface area contributed by atoms with Crippen LogP contribution in [-0.4, -0.2) is 12.6 Å². The third-order valence-corrected chi connectivity index (χ3v) is 4.42. The van der Waals surface area contributed by atoms with Gasteiger partial charge in [0.1, 0.15) is 0 Å². The van der Waals surface area contributed by atoms with Crippen LogP contribution in [-0.2, 0) is 6.42 Å². The van der Waals surface area contributed by atoms with Gasteiger partial charge in [0, 0.05) is 12.6 Å². The van der Waals surface area contributed by atoms with Gasteiger partial charge < -0.3 is 5.32 Å². The number of hydrogen-bond donors (Lipinski definition) is 1.